The van der Waals surface area contributed by atoms with Crippen LogP contribution in [0.3, 0.4) is 0 Å². The zero-order valence-electron chi connectivity index (χ0n) is 17.0. The number of guanidine groups is 1. The Morgan fingerprint density at radius 1 is 0.933 bits per heavy atom. The van der Waals surface area contributed by atoms with E-state index in [1.807, 2.05) is 36.4 Å². The number of rotatable bonds is 6. The van der Waals surface area contributed by atoms with Gasteiger partial charge in [0.1, 0.15) is 0 Å². The van der Waals surface area contributed by atoms with Gasteiger partial charge in [-0.2, -0.15) is 4.99 Å². The number of carbonyl (C=O) groups excluding carboxylic acids is 3. The summed E-state index contributed by atoms with van der Waals surface area (Å²) in [6.45, 7) is 3.40. The third-order valence-electron chi connectivity index (χ3n) is 3.76. The van der Waals surface area contributed by atoms with Gasteiger partial charge < -0.3 is 15.4 Å². The molecule has 0 spiro atoms. The van der Waals surface area contributed by atoms with Crippen molar-refractivity contribution in [3.05, 3.63) is 48.5 Å². The minimum absolute atomic E-state index is 0.0949. The third kappa shape index (κ3) is 7.25. The Balaban J connectivity index is 2.38. The monoisotopic (exact) mass is 428 g/mol. The molecule has 3 amide bonds. The Morgan fingerprint density at radius 3 is 2.30 bits per heavy atom. The molecule has 0 aliphatic heterocycles. The second-order valence-electron chi connectivity index (χ2n) is 5.97. The van der Waals surface area contributed by atoms with Gasteiger partial charge in [-0.3, -0.25) is 14.9 Å². The smallest absolute Gasteiger partial charge is 0.413 e. The molecule has 0 aromatic heterocycles. The van der Waals surface area contributed by atoms with Crippen molar-refractivity contribution in [1.29, 1.82) is 0 Å². The number of hydrogen-bond donors (Lipinski definition) is 3. The van der Waals surface area contributed by atoms with Crippen molar-refractivity contribution in [1.82, 2.24) is 5.32 Å². The minimum atomic E-state index is -0.779. The van der Waals surface area contributed by atoms with E-state index in [0.29, 0.717) is 17.8 Å². The van der Waals surface area contributed by atoms with Crippen molar-refractivity contribution < 1.29 is 19.1 Å². The number of alkyl carbamates (subject to hydrolysis) is 1. The fraction of sp³-hybridized carbons (Fsp3) is 0.238. The molecule has 0 aliphatic carbocycles. The Morgan fingerprint density at radius 2 is 1.67 bits per heavy atom. The van der Waals surface area contributed by atoms with Crippen LogP contribution in [0.25, 0.3) is 0 Å². The van der Waals surface area contributed by atoms with E-state index in [1.54, 1.807) is 26.0 Å². The maximum Gasteiger partial charge on any atom is 0.413 e. The van der Waals surface area contributed by atoms with Gasteiger partial charge in [-0.15, -0.1) is 0 Å². The van der Waals surface area contributed by atoms with Crippen molar-refractivity contribution in [3.63, 3.8) is 0 Å². The zero-order valence-corrected chi connectivity index (χ0v) is 17.8. The van der Waals surface area contributed by atoms with Crippen LogP contribution in [0.4, 0.5) is 16.2 Å². The summed E-state index contributed by atoms with van der Waals surface area (Å²) in [7, 11) is 1.21. The Hall–Kier alpha value is -3.33. The van der Waals surface area contributed by atoms with Crippen molar-refractivity contribution in [2.75, 3.05) is 17.7 Å². The number of methoxy groups -OCH3 is 1. The first-order valence-corrected chi connectivity index (χ1v) is 10.2. The first kappa shape index (κ1) is 23.0. The molecule has 2 aromatic carbocycles. The van der Waals surface area contributed by atoms with E-state index in [9.17, 15) is 14.4 Å². The lowest BCUT2D eigenvalue weighted by Gasteiger charge is -2.16. The summed E-state index contributed by atoms with van der Waals surface area (Å²) >= 11 is 1.53. The quantitative estimate of drug-likeness (QED) is 0.469. The van der Waals surface area contributed by atoms with Crippen LogP contribution in [0.1, 0.15) is 26.7 Å². The Labute approximate surface area is 179 Å². The lowest BCUT2D eigenvalue weighted by atomic mass is 10.2. The molecule has 158 valence electrons. The summed E-state index contributed by atoms with van der Waals surface area (Å²) < 4.78 is 4.59. The van der Waals surface area contributed by atoms with Crippen LogP contribution in [0.15, 0.2) is 63.3 Å². The molecular weight excluding hydrogens is 404 g/mol. The summed E-state index contributed by atoms with van der Waals surface area (Å²) in [5, 5.41) is 8.10. The summed E-state index contributed by atoms with van der Waals surface area (Å²) in [6, 6.07) is 15.2. The van der Waals surface area contributed by atoms with E-state index in [0.717, 1.165) is 9.79 Å². The van der Waals surface area contributed by atoms with Gasteiger partial charge >= 0.3 is 6.09 Å². The van der Waals surface area contributed by atoms with Crippen molar-refractivity contribution in [2.24, 2.45) is 4.99 Å². The van der Waals surface area contributed by atoms with E-state index < -0.39 is 12.0 Å². The standard InChI is InChI=1S/C21H24N4O4S/c1-4-18(26)22-16-12-11-15(30-14-9-7-6-8-10-14)13-17(16)23-20(24-19(27)5-2)25-21(28)29-3/h6-13H,4-5H2,1-3H3,(H,22,26)(H2,23,24,25,27,28). The predicted molar refractivity (Wildman–Crippen MR) is 118 cm³/mol. The molecule has 0 saturated carbocycles. The van der Waals surface area contributed by atoms with Crippen LogP contribution in [-0.4, -0.2) is 31.0 Å². The summed E-state index contributed by atoms with van der Waals surface area (Å²) in [5.41, 5.74) is 0.958. The van der Waals surface area contributed by atoms with Gasteiger partial charge in [0, 0.05) is 22.6 Å². The van der Waals surface area contributed by atoms with Gasteiger partial charge in [0.15, 0.2) is 0 Å². The number of nitrogens with zero attached hydrogens (tertiary/aromatic N) is 1. The average Bonchev–Trinajstić information content (AvgIpc) is 2.75. The molecular formula is C21H24N4O4S. The molecule has 0 fully saturated rings. The van der Waals surface area contributed by atoms with Crippen LogP contribution >= 0.6 is 11.8 Å². The highest BCUT2D eigenvalue weighted by Crippen LogP contribution is 2.33. The molecule has 9 heteroatoms. The molecule has 3 N–H and O–H groups in total. The van der Waals surface area contributed by atoms with Crippen LogP contribution in [0.2, 0.25) is 0 Å². The molecule has 8 nitrogen and oxygen atoms in total. The molecule has 0 bridgehead atoms. The number of carbonyl (C=O) groups is 3. The zero-order chi connectivity index (χ0) is 21.9. The van der Waals surface area contributed by atoms with Crippen molar-refractivity contribution >= 4 is 47.0 Å². The van der Waals surface area contributed by atoms with Crippen LogP contribution in [0.5, 0.6) is 0 Å². The maximum atomic E-state index is 11.9. The van der Waals surface area contributed by atoms with E-state index in [4.69, 9.17) is 0 Å². The van der Waals surface area contributed by atoms with Crippen molar-refractivity contribution in [2.45, 2.75) is 36.5 Å². The lowest BCUT2D eigenvalue weighted by molar-refractivity contribution is -0.117. The van der Waals surface area contributed by atoms with E-state index >= 15 is 0 Å². The SMILES string of the molecule is CCC(=O)N=C(NC(=O)OC)Nc1cc(Sc2ccccc2)ccc1NC(=O)CC. The molecule has 0 atom stereocenters. The number of nitrogens with one attached hydrogen (secondary N) is 3. The second-order valence-corrected chi connectivity index (χ2v) is 7.12. The van der Waals surface area contributed by atoms with Gasteiger partial charge in [0.2, 0.25) is 17.8 Å². The van der Waals surface area contributed by atoms with Gasteiger partial charge in [-0.1, -0.05) is 43.8 Å². The fourth-order valence-corrected chi connectivity index (χ4v) is 3.11. The van der Waals surface area contributed by atoms with Gasteiger partial charge in [-0.05, 0) is 30.3 Å². The molecule has 30 heavy (non-hydrogen) atoms. The minimum Gasteiger partial charge on any atom is -0.453 e. The highest BCUT2D eigenvalue weighted by Gasteiger charge is 2.13. The lowest BCUT2D eigenvalue weighted by Crippen LogP contribution is -2.36. The number of benzene rings is 2. The van der Waals surface area contributed by atoms with E-state index in [2.05, 4.69) is 25.7 Å². The predicted octanol–water partition coefficient (Wildman–Crippen LogP) is 4.25. The highest BCUT2D eigenvalue weighted by atomic mass is 32.2. The normalized spacial score (nSPS) is 10.8. The van der Waals surface area contributed by atoms with Crippen LogP contribution < -0.4 is 16.0 Å². The van der Waals surface area contributed by atoms with E-state index in [-0.39, 0.29) is 18.3 Å². The van der Waals surface area contributed by atoms with Crippen molar-refractivity contribution in [3.8, 4) is 0 Å². The summed E-state index contributed by atoms with van der Waals surface area (Å²) in [6.07, 6.45) is -0.313. The number of amides is 3. The average molecular weight is 429 g/mol. The maximum absolute atomic E-state index is 11.9. The highest BCUT2D eigenvalue weighted by molar-refractivity contribution is 7.99. The van der Waals surface area contributed by atoms with Gasteiger partial charge in [0.05, 0.1) is 18.5 Å². The third-order valence-corrected chi connectivity index (χ3v) is 4.76. The van der Waals surface area contributed by atoms with Gasteiger partial charge in [0.25, 0.3) is 0 Å². The first-order chi connectivity index (χ1) is 14.4. The first-order valence-electron chi connectivity index (χ1n) is 9.35. The molecule has 2 aromatic rings. The van der Waals surface area contributed by atoms with Crippen LogP contribution in [0, 0.1) is 0 Å². The number of hydrogen-bond acceptors (Lipinski definition) is 5. The molecule has 0 saturated heterocycles. The Kier molecular flexibility index (Phi) is 8.89. The van der Waals surface area contributed by atoms with Gasteiger partial charge in [-0.25, -0.2) is 4.79 Å². The Bertz CT molecular complexity index is 932. The van der Waals surface area contributed by atoms with Crippen LogP contribution in [-0.2, 0) is 14.3 Å². The molecule has 2 rings (SSSR count). The molecule has 0 heterocycles. The van der Waals surface area contributed by atoms with E-state index in [1.165, 1.54) is 18.9 Å². The fourth-order valence-electron chi connectivity index (χ4n) is 2.23. The number of ether oxygens (including phenoxy) is 1. The second kappa shape index (κ2) is 11.6. The molecule has 0 radical (unpaired) electrons. The molecule has 0 aliphatic rings. The summed E-state index contributed by atoms with van der Waals surface area (Å²) in [5.74, 6) is -0.698. The summed E-state index contributed by atoms with van der Waals surface area (Å²) in [4.78, 5) is 41.2. The topological polar surface area (TPSA) is 109 Å². The molecule has 0 unspecified atom stereocenters. The largest absolute Gasteiger partial charge is 0.453 e. The number of anilines is 2. The number of aliphatic imine (C=N–C) groups is 1.